The predicted octanol–water partition coefficient (Wildman–Crippen LogP) is 4.40. The average Bonchev–Trinajstić information content (AvgIpc) is 2.40. The summed E-state index contributed by atoms with van der Waals surface area (Å²) in [6.07, 6.45) is 0. The average molecular weight is 498 g/mol. The third kappa shape index (κ3) is 5.00. The zero-order valence-corrected chi connectivity index (χ0v) is 14.2. The SMILES string of the molecule is O=[N+]([O-])c1ccccc1I.O=[N+]([O-])c1ccccc1I. The second-order valence-corrected chi connectivity index (χ2v) is 5.74. The van der Waals surface area contributed by atoms with E-state index in [1.54, 1.807) is 36.4 Å². The van der Waals surface area contributed by atoms with E-state index in [2.05, 4.69) is 0 Å². The number of para-hydroxylation sites is 2. The van der Waals surface area contributed by atoms with E-state index in [-0.39, 0.29) is 21.2 Å². The zero-order valence-electron chi connectivity index (χ0n) is 9.90. The molecule has 8 heteroatoms. The number of hydrogen-bond donors (Lipinski definition) is 0. The molecular formula is C12H8I2N2O4. The normalized spacial score (nSPS) is 9.30. The number of benzene rings is 2. The van der Waals surface area contributed by atoms with Crippen LogP contribution < -0.4 is 0 Å². The summed E-state index contributed by atoms with van der Waals surface area (Å²) in [5.74, 6) is 0. The summed E-state index contributed by atoms with van der Waals surface area (Å²) >= 11 is 3.87. The highest BCUT2D eigenvalue weighted by Gasteiger charge is 2.08. The summed E-state index contributed by atoms with van der Waals surface area (Å²) in [6.45, 7) is 0. The quantitative estimate of drug-likeness (QED) is 0.349. The molecule has 0 heterocycles. The first-order chi connectivity index (χ1) is 9.43. The third-order valence-electron chi connectivity index (χ3n) is 2.10. The van der Waals surface area contributed by atoms with Crippen LogP contribution in [0.25, 0.3) is 0 Å². The molecule has 0 saturated carbocycles. The van der Waals surface area contributed by atoms with Gasteiger partial charge in [0.25, 0.3) is 11.4 Å². The van der Waals surface area contributed by atoms with Gasteiger partial charge in [-0.2, -0.15) is 0 Å². The third-order valence-corrected chi connectivity index (χ3v) is 3.92. The maximum atomic E-state index is 10.2. The molecule has 0 spiro atoms. The van der Waals surface area contributed by atoms with Crippen LogP contribution >= 0.6 is 45.2 Å². The number of nitrogens with zero attached hydrogens (tertiary/aromatic N) is 2. The molecule has 0 aliphatic rings. The molecule has 0 fully saturated rings. The molecule has 0 aliphatic carbocycles. The van der Waals surface area contributed by atoms with E-state index in [1.807, 2.05) is 45.2 Å². The van der Waals surface area contributed by atoms with Crippen molar-refractivity contribution < 1.29 is 9.85 Å². The maximum absolute atomic E-state index is 10.2. The van der Waals surface area contributed by atoms with Crippen molar-refractivity contribution in [1.29, 1.82) is 0 Å². The number of hydrogen-bond acceptors (Lipinski definition) is 4. The molecule has 0 unspecified atom stereocenters. The van der Waals surface area contributed by atoms with E-state index in [1.165, 1.54) is 12.1 Å². The summed E-state index contributed by atoms with van der Waals surface area (Å²) in [4.78, 5) is 19.7. The molecule has 0 saturated heterocycles. The Morgan fingerprint density at radius 3 is 1.20 bits per heavy atom. The highest BCUT2D eigenvalue weighted by atomic mass is 127. The molecule has 0 aliphatic heterocycles. The molecule has 104 valence electrons. The van der Waals surface area contributed by atoms with Crippen LogP contribution in [-0.4, -0.2) is 9.85 Å². The van der Waals surface area contributed by atoms with Crippen molar-refractivity contribution in [2.75, 3.05) is 0 Å². The molecule has 0 atom stereocenters. The first-order valence-corrected chi connectivity index (χ1v) is 7.37. The van der Waals surface area contributed by atoms with Crippen molar-refractivity contribution in [3.05, 3.63) is 75.9 Å². The molecule has 0 bridgehead atoms. The van der Waals surface area contributed by atoms with Crippen LogP contribution in [0.4, 0.5) is 11.4 Å². The summed E-state index contributed by atoms with van der Waals surface area (Å²) in [6, 6.07) is 13.2. The monoisotopic (exact) mass is 498 g/mol. The molecule has 0 amide bonds. The minimum atomic E-state index is -0.387. The lowest BCUT2D eigenvalue weighted by molar-refractivity contribution is -0.386. The van der Waals surface area contributed by atoms with Gasteiger partial charge in [-0.3, -0.25) is 20.2 Å². The Morgan fingerprint density at radius 1 is 0.700 bits per heavy atom. The second-order valence-electron chi connectivity index (χ2n) is 3.42. The van der Waals surface area contributed by atoms with Gasteiger partial charge < -0.3 is 0 Å². The van der Waals surface area contributed by atoms with Crippen LogP contribution in [0.2, 0.25) is 0 Å². The number of halogens is 2. The van der Waals surface area contributed by atoms with E-state index in [0.29, 0.717) is 7.14 Å². The van der Waals surface area contributed by atoms with Gasteiger partial charge in [0.15, 0.2) is 0 Å². The zero-order chi connectivity index (χ0) is 15.1. The number of nitro benzene ring substituents is 2. The highest BCUT2D eigenvalue weighted by molar-refractivity contribution is 14.1. The minimum Gasteiger partial charge on any atom is -0.258 e. The molecular weight excluding hydrogens is 490 g/mol. The predicted molar refractivity (Wildman–Crippen MR) is 91.6 cm³/mol. The van der Waals surface area contributed by atoms with Crippen LogP contribution in [0.1, 0.15) is 0 Å². The fraction of sp³-hybridized carbons (Fsp3) is 0. The van der Waals surface area contributed by atoms with Gasteiger partial charge in [-0.05, 0) is 57.3 Å². The van der Waals surface area contributed by atoms with E-state index in [9.17, 15) is 20.2 Å². The Morgan fingerprint density at radius 2 is 1.00 bits per heavy atom. The van der Waals surface area contributed by atoms with Gasteiger partial charge in [-0.1, -0.05) is 24.3 Å². The lowest BCUT2D eigenvalue weighted by atomic mass is 10.3. The summed E-state index contributed by atoms with van der Waals surface area (Å²) in [5, 5.41) is 20.4. The fourth-order valence-electron chi connectivity index (χ4n) is 1.20. The van der Waals surface area contributed by atoms with E-state index in [0.717, 1.165) is 0 Å². The summed E-state index contributed by atoms with van der Waals surface area (Å²) < 4.78 is 1.34. The van der Waals surface area contributed by atoms with Crippen LogP contribution in [0.5, 0.6) is 0 Å². The Hall–Kier alpha value is -1.30. The molecule has 2 rings (SSSR count). The van der Waals surface area contributed by atoms with E-state index < -0.39 is 0 Å². The van der Waals surface area contributed by atoms with Crippen LogP contribution in [0, 0.1) is 27.4 Å². The molecule has 0 N–H and O–H groups in total. The molecule has 0 aromatic heterocycles. The smallest absolute Gasteiger partial charge is 0.258 e. The molecule has 2 aromatic carbocycles. The Bertz CT molecular complexity index is 579. The summed E-state index contributed by atoms with van der Waals surface area (Å²) in [5.41, 5.74) is 0.339. The Balaban J connectivity index is 0.000000200. The van der Waals surface area contributed by atoms with Crippen molar-refractivity contribution >= 4 is 56.6 Å². The van der Waals surface area contributed by atoms with E-state index in [4.69, 9.17) is 0 Å². The van der Waals surface area contributed by atoms with Crippen molar-refractivity contribution in [3.63, 3.8) is 0 Å². The van der Waals surface area contributed by atoms with Crippen molar-refractivity contribution in [2.24, 2.45) is 0 Å². The van der Waals surface area contributed by atoms with Gasteiger partial charge in [0.2, 0.25) is 0 Å². The standard InChI is InChI=1S/2C6H4INO2/c2*7-5-3-1-2-4-6(5)8(9)10/h2*1-4H. The molecule has 6 nitrogen and oxygen atoms in total. The van der Waals surface area contributed by atoms with Crippen molar-refractivity contribution in [3.8, 4) is 0 Å². The number of rotatable bonds is 2. The second kappa shape index (κ2) is 8.09. The first-order valence-electron chi connectivity index (χ1n) is 5.21. The summed E-state index contributed by atoms with van der Waals surface area (Å²) in [7, 11) is 0. The lowest BCUT2D eigenvalue weighted by Gasteiger charge is -1.91. The van der Waals surface area contributed by atoms with Gasteiger partial charge in [-0.15, -0.1) is 0 Å². The fourth-order valence-corrected chi connectivity index (χ4v) is 2.37. The number of nitro groups is 2. The Labute approximate surface area is 141 Å². The topological polar surface area (TPSA) is 86.3 Å². The van der Waals surface area contributed by atoms with Crippen molar-refractivity contribution in [2.45, 2.75) is 0 Å². The van der Waals surface area contributed by atoms with Gasteiger partial charge in [0.1, 0.15) is 0 Å². The van der Waals surface area contributed by atoms with Crippen molar-refractivity contribution in [1.82, 2.24) is 0 Å². The maximum Gasteiger partial charge on any atom is 0.282 e. The van der Waals surface area contributed by atoms with Gasteiger partial charge in [0, 0.05) is 12.1 Å². The Kier molecular flexibility index (Phi) is 6.78. The van der Waals surface area contributed by atoms with Gasteiger partial charge >= 0.3 is 0 Å². The largest absolute Gasteiger partial charge is 0.282 e. The first kappa shape index (κ1) is 16.8. The van der Waals surface area contributed by atoms with Crippen LogP contribution in [-0.2, 0) is 0 Å². The van der Waals surface area contributed by atoms with Gasteiger partial charge in [0.05, 0.1) is 17.0 Å². The molecule has 20 heavy (non-hydrogen) atoms. The lowest BCUT2D eigenvalue weighted by Crippen LogP contribution is -1.89. The van der Waals surface area contributed by atoms with Crippen LogP contribution in [0.3, 0.4) is 0 Å². The van der Waals surface area contributed by atoms with Crippen LogP contribution in [0.15, 0.2) is 48.5 Å². The molecule has 0 radical (unpaired) electrons. The minimum absolute atomic E-state index is 0.170. The van der Waals surface area contributed by atoms with E-state index >= 15 is 0 Å². The highest BCUT2D eigenvalue weighted by Crippen LogP contribution is 2.19. The van der Waals surface area contributed by atoms with Gasteiger partial charge in [-0.25, -0.2) is 0 Å². The molecule has 2 aromatic rings.